The number of ether oxygens (including phenoxy) is 2. The van der Waals surface area contributed by atoms with Crippen LogP contribution in [0, 0.1) is 0 Å². The van der Waals surface area contributed by atoms with Gasteiger partial charge in [0.25, 0.3) is 0 Å². The fraction of sp³-hybridized carbons (Fsp3) is 0.550. The molecule has 30 heavy (non-hydrogen) atoms. The highest BCUT2D eigenvalue weighted by Gasteiger charge is 2.48. The van der Waals surface area contributed by atoms with Gasteiger partial charge >= 0.3 is 0 Å². The number of oxime groups is 1. The Hall–Kier alpha value is -2.85. The molecule has 1 aromatic carbocycles. The maximum atomic E-state index is 12.7. The van der Waals surface area contributed by atoms with Gasteiger partial charge in [0, 0.05) is 24.9 Å². The second kappa shape index (κ2) is 8.11. The van der Waals surface area contributed by atoms with Gasteiger partial charge in [-0.05, 0) is 24.6 Å². The maximum absolute atomic E-state index is 12.7. The summed E-state index contributed by atoms with van der Waals surface area (Å²) in [5.74, 6) is 0.219. The van der Waals surface area contributed by atoms with Gasteiger partial charge in [0.05, 0.1) is 17.8 Å². The summed E-state index contributed by atoms with van der Waals surface area (Å²) in [6.45, 7) is 2.56. The third-order valence-electron chi connectivity index (χ3n) is 5.71. The third kappa shape index (κ3) is 3.92. The molecule has 1 aromatic rings. The number of carbonyl (C=O) groups excluding carboxylic acids is 2. The van der Waals surface area contributed by atoms with Crippen molar-refractivity contribution in [1.29, 1.82) is 0 Å². The molecule has 5 N–H and O–H groups in total. The highest BCUT2D eigenvalue weighted by molar-refractivity contribution is 6.02. The summed E-state index contributed by atoms with van der Waals surface area (Å²) < 4.78 is 10.8. The number of nitrogens with two attached hydrogens (primary N) is 1. The van der Waals surface area contributed by atoms with E-state index in [0.29, 0.717) is 43.7 Å². The van der Waals surface area contributed by atoms with Gasteiger partial charge in [-0.3, -0.25) is 9.59 Å². The van der Waals surface area contributed by atoms with Crippen molar-refractivity contribution >= 4 is 17.5 Å². The molecule has 0 radical (unpaired) electrons. The topological polar surface area (TPSA) is 144 Å². The first-order valence-electron chi connectivity index (χ1n) is 10.1. The van der Waals surface area contributed by atoms with Crippen molar-refractivity contribution in [2.45, 2.75) is 56.4 Å². The van der Waals surface area contributed by atoms with Crippen molar-refractivity contribution < 1.29 is 29.0 Å². The van der Waals surface area contributed by atoms with E-state index in [2.05, 4.69) is 15.8 Å². The molecule has 0 saturated carbocycles. The zero-order valence-electron chi connectivity index (χ0n) is 16.7. The molecule has 3 heterocycles. The number of rotatable bonds is 7. The van der Waals surface area contributed by atoms with E-state index in [4.69, 9.17) is 20.0 Å². The number of nitrogens with zero attached hydrogens (tertiary/aromatic N) is 1. The largest absolute Gasteiger partial charge is 0.454 e. The number of aliphatic hydroxyl groups excluding tert-OH is 1. The van der Waals surface area contributed by atoms with Crippen LogP contribution in [0.25, 0.3) is 0 Å². The van der Waals surface area contributed by atoms with Crippen LogP contribution in [0.15, 0.2) is 23.4 Å². The second-order valence-electron chi connectivity index (χ2n) is 7.95. The molecular weight excluding hydrogens is 392 g/mol. The van der Waals surface area contributed by atoms with Gasteiger partial charge < -0.3 is 35.8 Å². The first kappa shape index (κ1) is 20.4. The molecule has 1 spiro atoms. The van der Waals surface area contributed by atoms with Gasteiger partial charge in [0.1, 0.15) is 0 Å². The van der Waals surface area contributed by atoms with Crippen molar-refractivity contribution in [3.05, 3.63) is 23.8 Å². The molecule has 1 fully saturated rings. The SMILES string of the molecule is CCC[C@H](NC(=O)[C@@H]1C[C@@]2(CN1)CC(c1ccc3c(c1)OCO3)=NO2)C(O)C(N)=O. The average Bonchev–Trinajstić information content (AvgIpc) is 3.46. The fourth-order valence-electron chi connectivity index (χ4n) is 4.07. The van der Waals surface area contributed by atoms with Gasteiger partial charge in [0.2, 0.25) is 18.6 Å². The lowest BCUT2D eigenvalue weighted by Gasteiger charge is -2.24. The monoisotopic (exact) mass is 418 g/mol. The summed E-state index contributed by atoms with van der Waals surface area (Å²) in [7, 11) is 0. The van der Waals surface area contributed by atoms with Gasteiger partial charge in [0.15, 0.2) is 23.2 Å². The van der Waals surface area contributed by atoms with Crippen molar-refractivity contribution in [3.8, 4) is 11.5 Å². The van der Waals surface area contributed by atoms with Gasteiger partial charge in [-0.2, -0.15) is 0 Å². The van der Waals surface area contributed by atoms with Crippen LogP contribution in [0.1, 0.15) is 38.2 Å². The van der Waals surface area contributed by atoms with Crippen LogP contribution >= 0.6 is 0 Å². The molecule has 10 heteroatoms. The summed E-state index contributed by atoms with van der Waals surface area (Å²) >= 11 is 0. The lowest BCUT2D eigenvalue weighted by Crippen LogP contribution is -2.53. The Kier molecular flexibility index (Phi) is 5.52. The Morgan fingerprint density at radius 3 is 2.97 bits per heavy atom. The predicted octanol–water partition coefficient (Wildman–Crippen LogP) is -0.228. The van der Waals surface area contributed by atoms with Crippen molar-refractivity contribution in [3.63, 3.8) is 0 Å². The number of carbonyl (C=O) groups is 2. The summed E-state index contributed by atoms with van der Waals surface area (Å²) in [6.07, 6.45) is 0.676. The van der Waals surface area contributed by atoms with Crippen LogP contribution in [-0.2, 0) is 14.4 Å². The first-order valence-corrected chi connectivity index (χ1v) is 10.1. The Balaban J connectivity index is 1.37. The van der Waals surface area contributed by atoms with E-state index in [0.717, 1.165) is 11.3 Å². The molecule has 4 atom stereocenters. The van der Waals surface area contributed by atoms with Gasteiger partial charge in [-0.25, -0.2) is 0 Å². The Labute approximate surface area is 173 Å². The summed E-state index contributed by atoms with van der Waals surface area (Å²) in [5, 5.41) is 20.1. The molecule has 4 rings (SSSR count). The maximum Gasteiger partial charge on any atom is 0.248 e. The van der Waals surface area contributed by atoms with Gasteiger partial charge in [-0.15, -0.1) is 0 Å². The van der Waals surface area contributed by atoms with Crippen LogP contribution in [0.2, 0.25) is 0 Å². The smallest absolute Gasteiger partial charge is 0.248 e. The summed E-state index contributed by atoms with van der Waals surface area (Å²) in [5.41, 5.74) is 6.24. The first-order chi connectivity index (χ1) is 14.4. The predicted molar refractivity (Wildman–Crippen MR) is 106 cm³/mol. The molecule has 0 aliphatic carbocycles. The van der Waals surface area contributed by atoms with E-state index >= 15 is 0 Å². The fourth-order valence-corrected chi connectivity index (χ4v) is 4.07. The molecule has 1 unspecified atom stereocenters. The highest BCUT2D eigenvalue weighted by atomic mass is 16.7. The normalized spacial score (nSPS) is 26.2. The minimum Gasteiger partial charge on any atom is -0.454 e. The Morgan fingerprint density at radius 1 is 1.40 bits per heavy atom. The van der Waals surface area contributed by atoms with E-state index in [1.165, 1.54) is 0 Å². The lowest BCUT2D eigenvalue weighted by atomic mass is 9.91. The minimum absolute atomic E-state index is 0.204. The van der Waals surface area contributed by atoms with E-state index < -0.39 is 29.7 Å². The molecular formula is C20H26N4O6. The van der Waals surface area contributed by atoms with Crippen LogP contribution in [-0.4, -0.2) is 59.8 Å². The Bertz CT molecular complexity index is 875. The quantitative estimate of drug-likeness (QED) is 0.479. The number of fused-ring (bicyclic) bond motifs is 1. The second-order valence-corrected chi connectivity index (χ2v) is 7.95. The number of nitrogens with one attached hydrogen (secondary N) is 2. The molecule has 0 aromatic heterocycles. The number of benzene rings is 1. The molecule has 0 bridgehead atoms. The summed E-state index contributed by atoms with van der Waals surface area (Å²) in [6, 6.07) is 4.38. The zero-order valence-corrected chi connectivity index (χ0v) is 16.7. The number of aliphatic hydroxyl groups is 1. The van der Waals surface area contributed by atoms with E-state index in [1.54, 1.807) is 0 Å². The van der Waals surface area contributed by atoms with Crippen LogP contribution in [0.4, 0.5) is 0 Å². The molecule has 3 aliphatic heterocycles. The molecule has 10 nitrogen and oxygen atoms in total. The third-order valence-corrected chi connectivity index (χ3v) is 5.71. The minimum atomic E-state index is -1.42. The summed E-state index contributed by atoms with van der Waals surface area (Å²) in [4.78, 5) is 29.8. The standard InChI is InChI=1S/C20H26N4O6/c1-2-3-12(17(25)18(21)26)23-19(27)14-8-20(9-22-14)7-13(24-30-20)11-4-5-15-16(6-11)29-10-28-15/h4-6,12,14,17,22,25H,2-3,7-10H2,1H3,(H2,21,26)(H,23,27)/t12-,14-,17?,20+/m0/s1. The Morgan fingerprint density at radius 2 is 2.20 bits per heavy atom. The van der Waals surface area contributed by atoms with Crippen molar-refractivity contribution in [2.24, 2.45) is 10.9 Å². The van der Waals surface area contributed by atoms with Crippen molar-refractivity contribution in [2.75, 3.05) is 13.3 Å². The van der Waals surface area contributed by atoms with E-state index in [1.807, 2.05) is 25.1 Å². The van der Waals surface area contributed by atoms with Crippen LogP contribution < -0.4 is 25.8 Å². The van der Waals surface area contributed by atoms with Crippen LogP contribution in [0.5, 0.6) is 11.5 Å². The van der Waals surface area contributed by atoms with Crippen molar-refractivity contribution in [1.82, 2.24) is 10.6 Å². The number of hydrogen-bond donors (Lipinski definition) is 4. The number of primary amides is 1. The molecule has 3 aliphatic rings. The zero-order chi connectivity index (χ0) is 21.3. The number of hydrogen-bond acceptors (Lipinski definition) is 8. The van der Waals surface area contributed by atoms with E-state index in [9.17, 15) is 14.7 Å². The van der Waals surface area contributed by atoms with Gasteiger partial charge in [-0.1, -0.05) is 18.5 Å². The van der Waals surface area contributed by atoms with Crippen LogP contribution in [0.3, 0.4) is 0 Å². The molecule has 162 valence electrons. The molecule has 1 saturated heterocycles. The number of amides is 2. The highest BCUT2D eigenvalue weighted by Crippen LogP contribution is 2.37. The van der Waals surface area contributed by atoms with E-state index in [-0.39, 0.29) is 12.7 Å². The average molecular weight is 418 g/mol. The lowest BCUT2D eigenvalue weighted by molar-refractivity contribution is -0.130. The molecule has 2 amide bonds.